The highest BCUT2D eigenvalue weighted by atomic mass is 15.3. The highest BCUT2D eigenvalue weighted by molar-refractivity contribution is 5.80. The molecule has 0 unspecified atom stereocenters. The normalized spacial score (nSPS) is 14.6. The average molecular weight is 198 g/mol. The first-order valence-electron chi connectivity index (χ1n) is 4.82. The summed E-state index contributed by atoms with van der Waals surface area (Å²) in [7, 11) is 5.94. The van der Waals surface area contributed by atoms with E-state index >= 15 is 0 Å². The number of rotatable bonds is 3. The third kappa shape index (κ3) is 4.87. The second kappa shape index (κ2) is 6.43. The molecule has 0 aliphatic heterocycles. The predicted molar refractivity (Wildman–Crippen MR) is 62.2 cm³/mol. The van der Waals surface area contributed by atoms with Gasteiger partial charge in [-0.2, -0.15) is 0 Å². The Labute approximate surface area is 87.1 Å². The maximum atomic E-state index is 5.73. The first-order valence-corrected chi connectivity index (χ1v) is 4.82. The summed E-state index contributed by atoms with van der Waals surface area (Å²) in [6, 6.07) is 0.149. The number of nitrogens with zero attached hydrogens (tertiary/aromatic N) is 3. The minimum Gasteiger partial charge on any atom is -0.349 e. The van der Waals surface area contributed by atoms with E-state index < -0.39 is 0 Å². The van der Waals surface area contributed by atoms with Gasteiger partial charge >= 0.3 is 0 Å². The molecule has 0 heterocycles. The second-order valence-corrected chi connectivity index (χ2v) is 3.66. The van der Waals surface area contributed by atoms with E-state index in [0.29, 0.717) is 0 Å². The van der Waals surface area contributed by atoms with Crippen LogP contribution in [-0.4, -0.2) is 49.5 Å². The number of allylic oxidation sites excluding steroid dienone is 1. The zero-order valence-electron chi connectivity index (χ0n) is 9.86. The largest absolute Gasteiger partial charge is 0.349 e. The zero-order valence-corrected chi connectivity index (χ0v) is 9.86. The van der Waals surface area contributed by atoms with Crippen LogP contribution in [0.15, 0.2) is 17.3 Å². The lowest BCUT2D eigenvalue weighted by Crippen LogP contribution is -2.43. The summed E-state index contributed by atoms with van der Waals surface area (Å²) in [5.74, 6) is 0.917. The standard InChI is InChI=1S/C10H22N4/c1-6-7-12-10(13(3)4)14(5)8-9(2)11/h6-7,9H,8,11H2,1-5H3/b7-6+,12-10+/t9-/m0/s1. The van der Waals surface area contributed by atoms with Crippen molar-refractivity contribution in [3.05, 3.63) is 12.3 Å². The van der Waals surface area contributed by atoms with Crippen LogP contribution in [0.1, 0.15) is 13.8 Å². The Morgan fingerprint density at radius 3 is 2.36 bits per heavy atom. The molecule has 0 saturated heterocycles. The van der Waals surface area contributed by atoms with Crippen LogP contribution in [0.4, 0.5) is 0 Å². The van der Waals surface area contributed by atoms with Crippen molar-refractivity contribution in [3.8, 4) is 0 Å². The number of hydrogen-bond acceptors (Lipinski definition) is 2. The van der Waals surface area contributed by atoms with E-state index in [9.17, 15) is 0 Å². The average Bonchev–Trinajstić information content (AvgIpc) is 2.02. The molecule has 14 heavy (non-hydrogen) atoms. The monoisotopic (exact) mass is 198 g/mol. The Morgan fingerprint density at radius 1 is 1.43 bits per heavy atom. The molecule has 4 heteroatoms. The van der Waals surface area contributed by atoms with Crippen LogP contribution in [0, 0.1) is 0 Å². The quantitative estimate of drug-likeness (QED) is 0.537. The van der Waals surface area contributed by atoms with Gasteiger partial charge in [0.15, 0.2) is 5.96 Å². The molecule has 0 aliphatic rings. The summed E-state index contributed by atoms with van der Waals surface area (Å²) in [4.78, 5) is 8.35. The number of aliphatic imine (C=N–C) groups is 1. The van der Waals surface area contributed by atoms with Crippen molar-refractivity contribution in [1.29, 1.82) is 0 Å². The van der Waals surface area contributed by atoms with Crippen molar-refractivity contribution in [2.75, 3.05) is 27.7 Å². The molecule has 82 valence electrons. The molecule has 0 aromatic heterocycles. The van der Waals surface area contributed by atoms with Gasteiger partial charge in [0.2, 0.25) is 0 Å². The summed E-state index contributed by atoms with van der Waals surface area (Å²) in [5, 5.41) is 0. The molecular formula is C10H22N4. The van der Waals surface area contributed by atoms with E-state index in [0.717, 1.165) is 12.5 Å². The number of nitrogens with two attached hydrogens (primary N) is 1. The minimum absolute atomic E-state index is 0.149. The van der Waals surface area contributed by atoms with Crippen LogP contribution in [-0.2, 0) is 0 Å². The topological polar surface area (TPSA) is 44.9 Å². The lowest BCUT2D eigenvalue weighted by atomic mass is 10.3. The van der Waals surface area contributed by atoms with Crippen LogP contribution < -0.4 is 5.73 Å². The highest BCUT2D eigenvalue weighted by Gasteiger charge is 2.09. The van der Waals surface area contributed by atoms with Crippen molar-refractivity contribution in [1.82, 2.24) is 9.80 Å². The van der Waals surface area contributed by atoms with E-state index in [1.54, 1.807) is 6.20 Å². The molecule has 1 atom stereocenters. The van der Waals surface area contributed by atoms with Crippen molar-refractivity contribution in [2.24, 2.45) is 10.7 Å². The fraction of sp³-hybridized carbons (Fsp3) is 0.700. The van der Waals surface area contributed by atoms with Crippen LogP contribution in [0.25, 0.3) is 0 Å². The van der Waals surface area contributed by atoms with Crippen molar-refractivity contribution in [2.45, 2.75) is 19.9 Å². The predicted octanol–water partition coefficient (Wildman–Crippen LogP) is 0.717. The lowest BCUT2D eigenvalue weighted by molar-refractivity contribution is 0.403. The molecular weight excluding hydrogens is 176 g/mol. The number of guanidine groups is 1. The summed E-state index contributed by atoms with van der Waals surface area (Å²) in [6.07, 6.45) is 3.69. The molecule has 0 saturated carbocycles. The van der Waals surface area contributed by atoms with Crippen molar-refractivity contribution >= 4 is 5.96 Å². The van der Waals surface area contributed by atoms with Gasteiger partial charge in [-0.05, 0) is 13.8 Å². The molecule has 0 rings (SSSR count). The Hall–Kier alpha value is -1.03. The third-order valence-corrected chi connectivity index (χ3v) is 1.64. The van der Waals surface area contributed by atoms with Gasteiger partial charge in [-0.15, -0.1) is 0 Å². The summed E-state index contributed by atoms with van der Waals surface area (Å²) in [5.41, 5.74) is 5.73. The molecule has 0 bridgehead atoms. The molecule has 0 amide bonds. The summed E-state index contributed by atoms with van der Waals surface area (Å²) >= 11 is 0. The first-order chi connectivity index (χ1) is 6.49. The van der Waals surface area contributed by atoms with Crippen LogP contribution in [0.5, 0.6) is 0 Å². The van der Waals surface area contributed by atoms with Gasteiger partial charge in [0.25, 0.3) is 0 Å². The van der Waals surface area contributed by atoms with E-state index in [-0.39, 0.29) is 6.04 Å². The van der Waals surface area contributed by atoms with E-state index in [1.807, 2.05) is 50.9 Å². The van der Waals surface area contributed by atoms with Crippen molar-refractivity contribution < 1.29 is 0 Å². The van der Waals surface area contributed by atoms with Gasteiger partial charge in [0.05, 0.1) is 0 Å². The van der Waals surface area contributed by atoms with Gasteiger partial charge in [0.1, 0.15) is 0 Å². The Balaban J connectivity index is 4.49. The van der Waals surface area contributed by atoms with Gasteiger partial charge < -0.3 is 15.5 Å². The Kier molecular flexibility index (Phi) is 5.95. The van der Waals surface area contributed by atoms with Crippen molar-refractivity contribution in [3.63, 3.8) is 0 Å². The number of likely N-dealkylation sites (N-methyl/N-ethyl adjacent to an activating group) is 1. The first kappa shape index (κ1) is 13.0. The second-order valence-electron chi connectivity index (χ2n) is 3.66. The Morgan fingerprint density at radius 2 is 2.00 bits per heavy atom. The molecule has 0 fully saturated rings. The lowest BCUT2D eigenvalue weighted by Gasteiger charge is -2.27. The Bertz CT molecular complexity index is 206. The summed E-state index contributed by atoms with van der Waals surface area (Å²) in [6.45, 7) is 4.73. The molecule has 0 spiro atoms. The summed E-state index contributed by atoms with van der Waals surface area (Å²) < 4.78 is 0. The fourth-order valence-corrected chi connectivity index (χ4v) is 1.21. The van der Waals surface area contributed by atoms with Crippen LogP contribution >= 0.6 is 0 Å². The molecule has 0 radical (unpaired) electrons. The third-order valence-electron chi connectivity index (χ3n) is 1.64. The van der Waals surface area contributed by atoms with Crippen LogP contribution in [0.2, 0.25) is 0 Å². The molecule has 4 nitrogen and oxygen atoms in total. The molecule has 2 N–H and O–H groups in total. The van der Waals surface area contributed by atoms with Gasteiger partial charge in [-0.3, -0.25) is 0 Å². The van der Waals surface area contributed by atoms with Gasteiger partial charge in [0, 0.05) is 39.9 Å². The van der Waals surface area contributed by atoms with Gasteiger partial charge in [-0.25, -0.2) is 4.99 Å². The maximum absolute atomic E-state index is 5.73. The SMILES string of the molecule is C/C=C/N=C(\N(C)C)N(C)C[C@H](C)N. The van der Waals surface area contributed by atoms with E-state index in [4.69, 9.17) is 5.73 Å². The maximum Gasteiger partial charge on any atom is 0.200 e. The van der Waals surface area contributed by atoms with E-state index in [1.165, 1.54) is 0 Å². The smallest absolute Gasteiger partial charge is 0.200 e. The number of hydrogen-bond donors (Lipinski definition) is 1. The highest BCUT2D eigenvalue weighted by Crippen LogP contribution is 1.94. The molecule has 0 aromatic rings. The van der Waals surface area contributed by atoms with Crippen LogP contribution in [0.3, 0.4) is 0 Å². The molecule has 0 aliphatic carbocycles. The minimum atomic E-state index is 0.149. The molecule has 0 aromatic carbocycles. The fourth-order valence-electron chi connectivity index (χ4n) is 1.21. The zero-order chi connectivity index (χ0) is 11.1. The van der Waals surface area contributed by atoms with Gasteiger partial charge in [-0.1, -0.05) is 6.08 Å². The van der Waals surface area contributed by atoms with E-state index in [2.05, 4.69) is 4.99 Å².